The summed E-state index contributed by atoms with van der Waals surface area (Å²) in [6.07, 6.45) is 3.12. The molecule has 2 aliphatic rings. The van der Waals surface area contributed by atoms with Gasteiger partial charge in [0.2, 0.25) is 0 Å². The Morgan fingerprint density at radius 2 is 1.07 bits per heavy atom. The van der Waals surface area contributed by atoms with Gasteiger partial charge in [0.05, 0.1) is 26.4 Å². The Kier molecular flexibility index (Phi) is 8.29. The van der Waals surface area contributed by atoms with Gasteiger partial charge in [-0.3, -0.25) is 0 Å². The number of ether oxygens (including phenoxy) is 2. The molecule has 0 fully saturated rings. The minimum absolute atomic E-state index is 0.288. The maximum absolute atomic E-state index is 13.8. The number of nitrogens with zero attached hydrogens (tertiary/aromatic N) is 3. The van der Waals surface area contributed by atoms with Gasteiger partial charge in [0, 0.05) is 0 Å². The molecule has 0 aromatic heterocycles. The molecule has 2 heterocycles. The van der Waals surface area contributed by atoms with Gasteiger partial charge in [-0.1, -0.05) is 60.7 Å². The van der Waals surface area contributed by atoms with Crippen molar-refractivity contribution in [3.05, 3.63) is 153 Å². The van der Waals surface area contributed by atoms with Crippen molar-refractivity contribution in [1.29, 1.82) is 0 Å². The molecule has 0 spiro atoms. The second-order valence-electron chi connectivity index (χ2n) is 11.7. The van der Waals surface area contributed by atoms with Crippen molar-refractivity contribution < 1.29 is 18.3 Å². The van der Waals surface area contributed by atoms with Crippen LogP contribution in [0.5, 0.6) is 0 Å². The molecule has 0 aliphatic carbocycles. The first-order valence-corrected chi connectivity index (χ1v) is 14.9. The third kappa shape index (κ3) is 5.51. The van der Waals surface area contributed by atoms with Crippen LogP contribution in [0.15, 0.2) is 84.9 Å². The van der Waals surface area contributed by atoms with Gasteiger partial charge in [-0.05, 0) is 103 Å². The fraction of sp³-hybridized carbons (Fsp3) is 0.297. The smallest absolute Gasteiger partial charge is 0.187 e. The van der Waals surface area contributed by atoms with E-state index in [1.807, 2.05) is 36.4 Å². The van der Waals surface area contributed by atoms with Crippen molar-refractivity contribution in [3.63, 3.8) is 0 Å². The molecule has 7 heteroatoms. The second-order valence-corrected chi connectivity index (χ2v) is 11.7. The molecule has 0 radical (unpaired) electrons. The number of fused-ring (bicyclic) bond motifs is 2. The van der Waals surface area contributed by atoms with E-state index in [1.54, 1.807) is 24.3 Å². The zero-order chi connectivity index (χ0) is 30.7. The zero-order valence-corrected chi connectivity index (χ0v) is 24.7. The van der Waals surface area contributed by atoms with Crippen molar-refractivity contribution in [2.24, 2.45) is 0 Å². The van der Waals surface area contributed by atoms with Crippen molar-refractivity contribution in [2.75, 3.05) is 20.1 Å². The SMILES string of the molecule is [C-]#[N+]c1ccc2c(c1)COC2(CCCN(C)CCCC1(c2ccc(F)cc2)OCc2cc([N+]#[C-])ccc21)c1ccc(F)cc1. The number of benzene rings is 4. The van der Waals surface area contributed by atoms with Crippen LogP contribution >= 0.6 is 0 Å². The molecule has 0 N–H and O–H groups in total. The Morgan fingerprint density at radius 3 is 1.45 bits per heavy atom. The summed E-state index contributed by atoms with van der Waals surface area (Å²) in [7, 11) is 2.10. The Labute approximate surface area is 257 Å². The van der Waals surface area contributed by atoms with Gasteiger partial charge >= 0.3 is 0 Å². The summed E-state index contributed by atoms with van der Waals surface area (Å²) < 4.78 is 40.6. The number of hydrogen-bond donors (Lipinski definition) is 0. The Morgan fingerprint density at radius 1 is 0.659 bits per heavy atom. The molecule has 222 valence electrons. The van der Waals surface area contributed by atoms with Gasteiger partial charge < -0.3 is 14.4 Å². The van der Waals surface area contributed by atoms with E-state index in [0.29, 0.717) is 37.4 Å². The third-order valence-electron chi connectivity index (χ3n) is 9.01. The van der Waals surface area contributed by atoms with E-state index in [1.165, 1.54) is 24.3 Å². The molecule has 2 unspecified atom stereocenters. The van der Waals surface area contributed by atoms with E-state index in [9.17, 15) is 8.78 Å². The van der Waals surface area contributed by atoms with Crippen molar-refractivity contribution in [1.82, 2.24) is 4.90 Å². The van der Waals surface area contributed by atoms with Crippen molar-refractivity contribution >= 4 is 11.4 Å². The highest BCUT2D eigenvalue weighted by Crippen LogP contribution is 2.48. The molecule has 44 heavy (non-hydrogen) atoms. The van der Waals surface area contributed by atoms with Crippen LogP contribution in [-0.4, -0.2) is 25.0 Å². The van der Waals surface area contributed by atoms with Crippen LogP contribution in [-0.2, 0) is 33.9 Å². The van der Waals surface area contributed by atoms with Gasteiger partial charge in [-0.25, -0.2) is 18.5 Å². The lowest BCUT2D eigenvalue weighted by molar-refractivity contribution is -0.0166. The van der Waals surface area contributed by atoms with Crippen LogP contribution in [0.2, 0.25) is 0 Å². The lowest BCUT2D eigenvalue weighted by atomic mass is 9.81. The Hall–Kier alpha value is -4.40. The largest absolute Gasteiger partial charge is 0.361 e. The van der Waals surface area contributed by atoms with Crippen molar-refractivity contribution in [3.8, 4) is 0 Å². The Bertz CT molecular complexity index is 1610. The molecular formula is C37H33F2N3O2. The minimum Gasteiger partial charge on any atom is -0.361 e. The molecule has 0 saturated carbocycles. The average Bonchev–Trinajstić information content (AvgIpc) is 3.60. The van der Waals surface area contributed by atoms with Crippen LogP contribution in [0.3, 0.4) is 0 Å². The van der Waals surface area contributed by atoms with Gasteiger partial charge in [0.1, 0.15) is 22.8 Å². The maximum Gasteiger partial charge on any atom is 0.187 e. The van der Waals surface area contributed by atoms with E-state index in [-0.39, 0.29) is 11.6 Å². The molecule has 4 aromatic carbocycles. The van der Waals surface area contributed by atoms with E-state index in [4.69, 9.17) is 22.6 Å². The van der Waals surface area contributed by atoms with Crippen molar-refractivity contribution in [2.45, 2.75) is 50.1 Å². The van der Waals surface area contributed by atoms with E-state index in [0.717, 1.165) is 59.3 Å². The minimum atomic E-state index is -0.692. The number of hydrogen-bond acceptors (Lipinski definition) is 3. The standard InChI is InChI=1S/C37H33F2N3O2/c1-40-32-14-16-34-26(22-32)24-43-36(34,28-6-10-30(38)11-7-28)18-4-20-42(3)21-5-19-37(29-8-12-31(39)13-9-29)35-17-15-33(41-2)23-27(35)25-44-37/h6-17,22-23H,4-5,18-21,24-25H2,3H3. The molecule has 4 aromatic rings. The Balaban J connectivity index is 1.14. The van der Waals surface area contributed by atoms with E-state index >= 15 is 0 Å². The van der Waals surface area contributed by atoms with Crippen LogP contribution < -0.4 is 0 Å². The summed E-state index contributed by atoms with van der Waals surface area (Å²) in [6.45, 7) is 17.3. The molecule has 2 aliphatic heterocycles. The summed E-state index contributed by atoms with van der Waals surface area (Å²) in [5, 5.41) is 0. The highest BCUT2D eigenvalue weighted by molar-refractivity contribution is 5.55. The van der Waals surface area contributed by atoms with Crippen LogP contribution in [0.4, 0.5) is 20.2 Å². The fourth-order valence-electron chi connectivity index (χ4n) is 6.81. The fourth-order valence-corrected chi connectivity index (χ4v) is 6.81. The molecule has 0 bridgehead atoms. The van der Waals surface area contributed by atoms with E-state index < -0.39 is 11.2 Å². The summed E-state index contributed by atoms with van der Waals surface area (Å²) in [5.74, 6) is -0.575. The quantitative estimate of drug-likeness (QED) is 0.173. The normalized spacial score (nSPS) is 20.2. The summed E-state index contributed by atoms with van der Waals surface area (Å²) in [5.41, 5.74) is 5.70. The van der Waals surface area contributed by atoms with Crippen LogP contribution in [0, 0.1) is 24.8 Å². The van der Waals surface area contributed by atoms with Gasteiger partial charge in [0.15, 0.2) is 11.4 Å². The van der Waals surface area contributed by atoms with E-state index in [2.05, 4.69) is 21.6 Å². The summed E-state index contributed by atoms with van der Waals surface area (Å²) in [4.78, 5) is 9.44. The van der Waals surface area contributed by atoms with Gasteiger partial charge in [0.25, 0.3) is 0 Å². The van der Waals surface area contributed by atoms with Crippen LogP contribution in [0.1, 0.15) is 59.1 Å². The predicted molar refractivity (Wildman–Crippen MR) is 165 cm³/mol. The highest BCUT2D eigenvalue weighted by atomic mass is 19.1. The first-order valence-electron chi connectivity index (χ1n) is 14.9. The second kappa shape index (κ2) is 12.3. The average molecular weight is 590 g/mol. The lowest BCUT2D eigenvalue weighted by Gasteiger charge is -2.32. The predicted octanol–water partition coefficient (Wildman–Crippen LogP) is 8.81. The first kappa shape index (κ1) is 29.7. The van der Waals surface area contributed by atoms with Gasteiger partial charge in [-0.2, -0.15) is 0 Å². The number of rotatable bonds is 10. The molecule has 0 amide bonds. The number of halogens is 2. The third-order valence-corrected chi connectivity index (χ3v) is 9.01. The zero-order valence-electron chi connectivity index (χ0n) is 24.7. The molecular weight excluding hydrogens is 556 g/mol. The highest BCUT2D eigenvalue weighted by Gasteiger charge is 2.42. The molecule has 0 saturated heterocycles. The molecule has 5 nitrogen and oxygen atoms in total. The maximum atomic E-state index is 13.8. The molecule has 2 atom stereocenters. The molecule has 6 rings (SSSR count). The lowest BCUT2D eigenvalue weighted by Crippen LogP contribution is -2.31. The first-order chi connectivity index (χ1) is 21.4. The van der Waals surface area contributed by atoms with Crippen LogP contribution in [0.25, 0.3) is 9.69 Å². The summed E-state index contributed by atoms with van der Waals surface area (Å²) in [6, 6.07) is 24.5. The topological polar surface area (TPSA) is 30.4 Å². The summed E-state index contributed by atoms with van der Waals surface area (Å²) >= 11 is 0. The van der Waals surface area contributed by atoms with Gasteiger partial charge in [-0.15, -0.1) is 0 Å². The monoisotopic (exact) mass is 589 g/mol.